The van der Waals surface area contributed by atoms with Gasteiger partial charge in [0.25, 0.3) is 0 Å². The highest BCUT2D eigenvalue weighted by atomic mass is 32.2. The number of carboxylic acid groups (broad SMARTS) is 1. The number of amides is 5. The van der Waals surface area contributed by atoms with Gasteiger partial charge >= 0.3 is 5.97 Å². The molecule has 0 aromatic carbocycles. The maximum Gasteiger partial charge on any atom is 0.327 e. The molecule has 0 aliphatic heterocycles. The Balaban J connectivity index is 1.56. The van der Waals surface area contributed by atoms with Crippen molar-refractivity contribution < 1.29 is 43.8 Å². The van der Waals surface area contributed by atoms with Gasteiger partial charge in [-0.25, -0.2) is 4.79 Å². The lowest BCUT2D eigenvalue weighted by molar-refractivity contribution is -0.141. The first-order valence-corrected chi connectivity index (χ1v) is 18.7. The summed E-state index contributed by atoms with van der Waals surface area (Å²) in [5.74, 6) is -5.92. The second-order valence-electron chi connectivity index (χ2n) is 13.5. The highest BCUT2D eigenvalue weighted by Crippen LogP contribution is 2.65. The Hall–Kier alpha value is -4.40. The average molecular weight is 780 g/mol. The van der Waals surface area contributed by atoms with Crippen LogP contribution in [0.3, 0.4) is 0 Å². The fourth-order valence-electron chi connectivity index (χ4n) is 6.44. The van der Waals surface area contributed by atoms with Crippen LogP contribution in [0, 0.1) is 10.8 Å². The number of ketones is 1. The molecule has 1 fully saturated rings. The van der Waals surface area contributed by atoms with E-state index < -0.39 is 83.7 Å². The van der Waals surface area contributed by atoms with Crippen molar-refractivity contribution in [2.75, 3.05) is 30.3 Å². The quantitative estimate of drug-likeness (QED) is 0.0263. The number of carbonyl (C=O) groups excluding carboxylic acids is 6. The van der Waals surface area contributed by atoms with Gasteiger partial charge in [0.2, 0.25) is 29.5 Å². The van der Waals surface area contributed by atoms with Crippen LogP contribution in [0.2, 0.25) is 0 Å². The van der Waals surface area contributed by atoms with Crippen LogP contribution in [0.1, 0.15) is 52.9 Å². The number of thioether (sulfide) groups is 1. The zero-order valence-electron chi connectivity index (χ0n) is 29.8. The highest BCUT2D eigenvalue weighted by Gasteiger charge is 2.65. The van der Waals surface area contributed by atoms with Gasteiger partial charge in [-0.05, 0) is 69.2 Å². The van der Waals surface area contributed by atoms with Gasteiger partial charge in [-0.2, -0.15) is 24.4 Å². The molecule has 14 N–H and O–H groups in total. The summed E-state index contributed by atoms with van der Waals surface area (Å²) in [6.45, 7) is 4.89. The summed E-state index contributed by atoms with van der Waals surface area (Å²) in [7, 11) is 0. The number of thiol groups is 1. The average Bonchev–Trinajstić information content (AvgIpc) is 3.84. The Morgan fingerprint density at radius 1 is 1.00 bits per heavy atom. The molecule has 4 unspecified atom stereocenters. The van der Waals surface area contributed by atoms with Crippen molar-refractivity contribution in [1.82, 2.24) is 26.6 Å². The van der Waals surface area contributed by atoms with E-state index in [2.05, 4.69) is 39.2 Å². The summed E-state index contributed by atoms with van der Waals surface area (Å²) in [6, 6.07) is -5.18. The van der Waals surface area contributed by atoms with Crippen molar-refractivity contribution >= 4 is 71.6 Å². The molecule has 5 amide bonds. The van der Waals surface area contributed by atoms with Gasteiger partial charge in [0.15, 0.2) is 11.7 Å². The number of carboxylic acids is 1. The molecule has 18 nitrogen and oxygen atoms in total. The lowest BCUT2D eigenvalue weighted by Gasteiger charge is -2.39. The maximum atomic E-state index is 13.2. The van der Waals surface area contributed by atoms with E-state index in [1.54, 1.807) is 13.0 Å². The van der Waals surface area contributed by atoms with E-state index in [0.717, 1.165) is 22.3 Å². The van der Waals surface area contributed by atoms with Crippen LogP contribution in [-0.4, -0.2) is 118 Å². The Morgan fingerprint density at radius 3 is 2.21 bits per heavy atom. The van der Waals surface area contributed by atoms with Crippen molar-refractivity contribution in [3.63, 3.8) is 0 Å². The van der Waals surface area contributed by atoms with E-state index >= 15 is 0 Å². The van der Waals surface area contributed by atoms with Gasteiger partial charge in [-0.15, -0.1) is 0 Å². The lowest BCUT2D eigenvalue weighted by Crippen LogP contribution is -2.56. The molecule has 0 aromatic rings. The molecule has 20 heteroatoms. The molecule has 3 aliphatic carbocycles. The Morgan fingerprint density at radius 2 is 1.64 bits per heavy atom. The molecule has 0 radical (unpaired) electrons. The van der Waals surface area contributed by atoms with Crippen LogP contribution < -0.4 is 43.8 Å². The number of nitrogens with one attached hydrogen (secondary N) is 6. The van der Waals surface area contributed by atoms with Crippen LogP contribution >= 0.6 is 24.4 Å². The van der Waals surface area contributed by atoms with E-state index in [-0.39, 0.29) is 42.6 Å². The monoisotopic (exact) mass is 779 g/mol. The van der Waals surface area contributed by atoms with Crippen molar-refractivity contribution in [3.05, 3.63) is 33.9 Å². The second-order valence-corrected chi connectivity index (χ2v) is 14.9. The molecule has 1 spiro atoms. The van der Waals surface area contributed by atoms with Crippen molar-refractivity contribution in [3.8, 4) is 0 Å². The van der Waals surface area contributed by atoms with Crippen molar-refractivity contribution in [2.45, 2.75) is 82.6 Å². The standard InChI is InChI=1S/C33H49N9O9S2/c1-15-9-17-25(16(2)33(6-7-33)32(3,51)26(17)45)18(15)13-53-14-19(34)27(46)41-21(10-23(35)43)28(47)39-11-24(44)40-20(5-4-8-38-31(36)37)29(48)42-22(12-52)30(49)50/h9,19-22,51-52H,4-8,10-14,34H2,1-3H3,(H2,35,43)(H,39,47)(H,40,44)(H,41,46)(H,42,48)(H,49,50)(H4,36,37,38)/t19?,20?,21?,22?,32-/m0/s1. The number of hydrogen-bond acceptors (Lipinski definition) is 12. The maximum absolute atomic E-state index is 13.2. The number of hydrogen-bond donors (Lipinski definition) is 12. The molecule has 3 aliphatic rings. The van der Waals surface area contributed by atoms with Crippen molar-refractivity contribution in [1.29, 1.82) is 5.41 Å². The summed E-state index contributed by atoms with van der Waals surface area (Å²) in [5, 5.41) is 39.5. The molecule has 1 saturated carbocycles. The number of allylic oxidation sites excluding steroid dienone is 3. The van der Waals surface area contributed by atoms with E-state index in [0.29, 0.717) is 24.2 Å². The molecule has 3 rings (SSSR count). The summed E-state index contributed by atoms with van der Waals surface area (Å²) in [4.78, 5) is 87.9. The lowest BCUT2D eigenvalue weighted by atomic mass is 9.67. The number of guanidine groups is 1. The molecule has 0 saturated heterocycles. The molecule has 292 valence electrons. The van der Waals surface area contributed by atoms with Gasteiger partial charge in [0, 0.05) is 34.8 Å². The molecule has 0 bridgehead atoms. The third-order valence-corrected chi connectivity index (χ3v) is 11.1. The molecular formula is C33H49N9O9S2. The first-order valence-electron chi connectivity index (χ1n) is 16.9. The van der Waals surface area contributed by atoms with Crippen LogP contribution in [0.25, 0.3) is 0 Å². The summed E-state index contributed by atoms with van der Waals surface area (Å²) in [5.41, 5.74) is 18.7. The fraction of sp³-hybridized carbons (Fsp3) is 0.576. The third kappa shape index (κ3) is 10.4. The van der Waals surface area contributed by atoms with Gasteiger partial charge in [0.05, 0.1) is 19.0 Å². The Kier molecular flexibility index (Phi) is 14.7. The van der Waals surface area contributed by atoms with Gasteiger partial charge < -0.3 is 54.0 Å². The topological polar surface area (TPSA) is 322 Å². The summed E-state index contributed by atoms with van der Waals surface area (Å²) < 4.78 is 0. The van der Waals surface area contributed by atoms with Crippen molar-refractivity contribution in [2.24, 2.45) is 22.6 Å². The predicted octanol–water partition coefficient (Wildman–Crippen LogP) is -2.54. The number of primary amides is 1. The zero-order valence-corrected chi connectivity index (χ0v) is 31.5. The molecule has 5 atom stereocenters. The first-order chi connectivity index (χ1) is 24.8. The fourth-order valence-corrected chi connectivity index (χ4v) is 7.79. The molecular weight excluding hydrogens is 731 g/mol. The number of carbonyl (C=O) groups is 7. The van der Waals surface area contributed by atoms with E-state index in [1.165, 1.54) is 11.8 Å². The number of rotatable bonds is 20. The van der Waals surface area contributed by atoms with Crippen LogP contribution in [-0.2, 0) is 33.6 Å². The predicted molar refractivity (Wildman–Crippen MR) is 199 cm³/mol. The van der Waals surface area contributed by atoms with Gasteiger partial charge in [-0.1, -0.05) is 5.57 Å². The number of nitrogens with two attached hydrogens (primary N) is 3. The minimum Gasteiger partial charge on any atom is -0.480 e. The molecule has 0 aromatic heterocycles. The molecule has 0 heterocycles. The number of aliphatic hydroxyl groups is 1. The van der Waals surface area contributed by atoms with Gasteiger partial charge in [-0.3, -0.25) is 34.2 Å². The van der Waals surface area contributed by atoms with Crippen LogP contribution in [0.5, 0.6) is 0 Å². The van der Waals surface area contributed by atoms with Crippen LogP contribution in [0.15, 0.2) is 33.9 Å². The normalized spacial score (nSPS) is 20.7. The number of Topliss-reactive ketones (excluding diaryl/α,β-unsaturated/α-hetero) is 1. The smallest absolute Gasteiger partial charge is 0.327 e. The molecule has 53 heavy (non-hydrogen) atoms. The number of aliphatic carboxylic acids is 1. The zero-order chi connectivity index (χ0) is 39.8. The summed E-state index contributed by atoms with van der Waals surface area (Å²) in [6.07, 6.45) is 2.85. The summed E-state index contributed by atoms with van der Waals surface area (Å²) >= 11 is 5.25. The number of fused-ring (bicyclic) bond motifs is 1. The highest BCUT2D eigenvalue weighted by molar-refractivity contribution is 7.99. The van der Waals surface area contributed by atoms with E-state index in [9.17, 15) is 43.8 Å². The third-order valence-electron chi connectivity index (χ3n) is 9.65. The Bertz CT molecular complexity index is 1640. The van der Waals surface area contributed by atoms with Gasteiger partial charge in [0.1, 0.15) is 23.7 Å². The van der Waals surface area contributed by atoms with Crippen LogP contribution in [0.4, 0.5) is 0 Å². The minimum atomic E-state index is -1.48. The van der Waals surface area contributed by atoms with E-state index in [1.807, 2.05) is 13.8 Å². The largest absolute Gasteiger partial charge is 0.480 e. The van der Waals surface area contributed by atoms with E-state index in [4.69, 9.17) is 22.6 Å². The minimum absolute atomic E-state index is 0.00764. The SMILES string of the molecule is CC1=C(CSCC(N)C(=O)NC(CC(N)=O)C(=O)NCC(=O)NC(CCCNC(=N)N)C(=O)NC(CS)C(=O)O)C2=C(C)C3(CC3)[C@@](C)(O)C(=O)C2=C1. The first kappa shape index (κ1) is 43.0. The Labute approximate surface area is 316 Å². The second kappa shape index (κ2) is 18.1.